The molecule has 0 aromatic heterocycles. The van der Waals surface area contributed by atoms with E-state index in [0.717, 1.165) is 5.57 Å². The summed E-state index contributed by atoms with van der Waals surface area (Å²) in [5.41, 5.74) is 1.51. The van der Waals surface area contributed by atoms with Gasteiger partial charge >= 0.3 is 0 Å². The van der Waals surface area contributed by atoms with Crippen molar-refractivity contribution < 1.29 is 19.1 Å². The third-order valence-corrected chi connectivity index (χ3v) is 5.59. The van der Waals surface area contributed by atoms with Crippen molar-refractivity contribution in [2.24, 2.45) is 4.99 Å². The first-order valence-electron chi connectivity index (χ1n) is 8.86. The van der Waals surface area contributed by atoms with Crippen molar-refractivity contribution in [3.63, 3.8) is 0 Å². The number of amides is 2. The molecule has 0 radical (unpaired) electrons. The highest BCUT2D eigenvalue weighted by Gasteiger charge is 2.45. The molecule has 1 aromatic rings. The zero-order valence-electron chi connectivity index (χ0n) is 14.9. The standard InChI is InChI=1S/C19H22FN3O3S/c1-12-8-15(9-12)23-18(26)16(11-17(25)21-6-3-7-24)27-19(23)22-14-5-2-4-13(20)10-14/h2,4-5,10,15-16,24H,1,3,6-9,11H2,(H,21,25). The Bertz CT molecular complexity index is 775. The average Bonchev–Trinajstić information content (AvgIpc) is 2.87. The number of hydrogen-bond acceptors (Lipinski definition) is 5. The first-order chi connectivity index (χ1) is 13.0. The first-order valence-corrected chi connectivity index (χ1v) is 9.74. The molecule has 3 rings (SSSR count). The van der Waals surface area contributed by atoms with Gasteiger partial charge in [-0.2, -0.15) is 0 Å². The van der Waals surface area contributed by atoms with Crippen LogP contribution in [0.3, 0.4) is 0 Å². The molecule has 1 heterocycles. The van der Waals surface area contributed by atoms with Gasteiger partial charge < -0.3 is 10.4 Å². The summed E-state index contributed by atoms with van der Waals surface area (Å²) in [5.74, 6) is -0.779. The lowest BCUT2D eigenvalue weighted by molar-refractivity contribution is -0.131. The van der Waals surface area contributed by atoms with Crippen LogP contribution in [0.25, 0.3) is 0 Å². The van der Waals surface area contributed by atoms with Crippen LogP contribution >= 0.6 is 11.8 Å². The lowest BCUT2D eigenvalue weighted by atomic mass is 9.86. The highest BCUT2D eigenvalue weighted by atomic mass is 32.2. The Morgan fingerprint density at radius 2 is 2.22 bits per heavy atom. The molecular formula is C19H22FN3O3S. The fraction of sp³-hybridized carbons (Fsp3) is 0.421. The third kappa shape index (κ3) is 4.75. The molecule has 1 saturated heterocycles. The van der Waals surface area contributed by atoms with Gasteiger partial charge in [-0.3, -0.25) is 14.5 Å². The van der Waals surface area contributed by atoms with Crippen LogP contribution in [0.4, 0.5) is 10.1 Å². The van der Waals surface area contributed by atoms with Gasteiger partial charge in [-0.1, -0.05) is 30.0 Å². The molecule has 0 spiro atoms. The number of benzene rings is 1. The number of thioether (sulfide) groups is 1. The van der Waals surface area contributed by atoms with Gasteiger partial charge in [-0.15, -0.1) is 0 Å². The molecule has 1 aromatic carbocycles. The summed E-state index contributed by atoms with van der Waals surface area (Å²) >= 11 is 1.24. The minimum absolute atomic E-state index is 0.00117. The van der Waals surface area contributed by atoms with E-state index in [0.29, 0.717) is 36.7 Å². The predicted molar refractivity (Wildman–Crippen MR) is 103 cm³/mol. The second kappa shape index (κ2) is 8.67. The summed E-state index contributed by atoms with van der Waals surface area (Å²) in [7, 11) is 0. The molecule has 1 saturated carbocycles. The highest BCUT2D eigenvalue weighted by molar-refractivity contribution is 8.15. The summed E-state index contributed by atoms with van der Waals surface area (Å²) in [5, 5.41) is 11.4. The van der Waals surface area contributed by atoms with Crippen LogP contribution in [-0.2, 0) is 9.59 Å². The molecule has 1 unspecified atom stereocenters. The quantitative estimate of drug-likeness (QED) is 0.552. The van der Waals surface area contributed by atoms with Gasteiger partial charge in [0.25, 0.3) is 0 Å². The van der Waals surface area contributed by atoms with E-state index in [1.807, 2.05) is 0 Å². The number of aliphatic hydroxyl groups is 1. The van der Waals surface area contributed by atoms with Crippen molar-refractivity contribution in [3.05, 3.63) is 42.2 Å². The maximum absolute atomic E-state index is 13.5. The van der Waals surface area contributed by atoms with E-state index in [1.165, 1.54) is 23.9 Å². The first kappa shape index (κ1) is 19.6. The lowest BCUT2D eigenvalue weighted by Gasteiger charge is -2.36. The summed E-state index contributed by atoms with van der Waals surface area (Å²) < 4.78 is 13.5. The molecular weight excluding hydrogens is 369 g/mol. The van der Waals surface area contributed by atoms with E-state index in [9.17, 15) is 14.0 Å². The Labute approximate surface area is 161 Å². The number of hydrogen-bond donors (Lipinski definition) is 2. The molecule has 6 nitrogen and oxygen atoms in total. The number of carbonyl (C=O) groups excluding carboxylic acids is 2. The van der Waals surface area contributed by atoms with Gasteiger partial charge in [0, 0.05) is 25.6 Å². The van der Waals surface area contributed by atoms with Crippen molar-refractivity contribution in [1.82, 2.24) is 10.2 Å². The van der Waals surface area contributed by atoms with Crippen LogP contribution in [0.1, 0.15) is 25.7 Å². The maximum Gasteiger partial charge on any atom is 0.242 e. The summed E-state index contributed by atoms with van der Waals surface area (Å²) in [6.07, 6.45) is 1.94. The van der Waals surface area contributed by atoms with Crippen LogP contribution in [0, 0.1) is 5.82 Å². The van der Waals surface area contributed by atoms with Crippen molar-refractivity contribution in [2.75, 3.05) is 13.2 Å². The van der Waals surface area contributed by atoms with E-state index in [1.54, 1.807) is 17.0 Å². The third-order valence-electron chi connectivity index (χ3n) is 4.44. The number of nitrogens with zero attached hydrogens (tertiary/aromatic N) is 2. The van der Waals surface area contributed by atoms with Gasteiger partial charge in [0.1, 0.15) is 11.1 Å². The smallest absolute Gasteiger partial charge is 0.242 e. The van der Waals surface area contributed by atoms with Crippen molar-refractivity contribution >= 4 is 34.4 Å². The van der Waals surface area contributed by atoms with E-state index in [4.69, 9.17) is 5.11 Å². The van der Waals surface area contributed by atoms with E-state index in [-0.39, 0.29) is 30.9 Å². The zero-order valence-corrected chi connectivity index (χ0v) is 15.7. The molecule has 2 fully saturated rings. The van der Waals surface area contributed by atoms with Crippen LogP contribution in [-0.4, -0.2) is 51.4 Å². The monoisotopic (exact) mass is 391 g/mol. The zero-order chi connectivity index (χ0) is 19.4. The molecule has 1 atom stereocenters. The van der Waals surface area contributed by atoms with Crippen molar-refractivity contribution in [3.8, 4) is 0 Å². The largest absolute Gasteiger partial charge is 0.396 e. The molecule has 8 heteroatoms. The SMILES string of the molecule is C=C1CC(N2C(=O)C(CC(=O)NCCCO)SC2=Nc2cccc(F)c2)C1. The molecule has 1 aliphatic heterocycles. The molecule has 1 aliphatic carbocycles. The van der Waals surface area contributed by atoms with Crippen LogP contribution in [0.5, 0.6) is 0 Å². The fourth-order valence-corrected chi connectivity index (χ4v) is 4.24. The Balaban J connectivity index is 1.75. The van der Waals surface area contributed by atoms with Crippen molar-refractivity contribution in [1.29, 1.82) is 0 Å². The van der Waals surface area contributed by atoms with E-state index < -0.39 is 11.1 Å². The normalized spacial score (nSPS) is 21.6. The van der Waals surface area contributed by atoms with Gasteiger partial charge in [-0.25, -0.2) is 9.38 Å². The average molecular weight is 391 g/mol. The van der Waals surface area contributed by atoms with Gasteiger partial charge in [0.15, 0.2) is 5.17 Å². The minimum Gasteiger partial charge on any atom is -0.396 e. The molecule has 2 amide bonds. The van der Waals surface area contributed by atoms with E-state index in [2.05, 4.69) is 16.9 Å². The molecule has 2 N–H and O–H groups in total. The molecule has 144 valence electrons. The molecule has 0 bridgehead atoms. The maximum atomic E-state index is 13.5. The fourth-order valence-electron chi connectivity index (χ4n) is 3.02. The van der Waals surface area contributed by atoms with Gasteiger partial charge in [0.2, 0.25) is 11.8 Å². The minimum atomic E-state index is -0.555. The van der Waals surface area contributed by atoms with Crippen LogP contribution < -0.4 is 5.32 Å². The van der Waals surface area contributed by atoms with Crippen LogP contribution in [0.2, 0.25) is 0 Å². The molecule has 27 heavy (non-hydrogen) atoms. The number of carbonyl (C=O) groups is 2. The summed E-state index contributed by atoms with van der Waals surface area (Å²) in [6.45, 7) is 4.29. The van der Waals surface area contributed by atoms with Gasteiger partial charge in [0.05, 0.1) is 5.69 Å². The predicted octanol–water partition coefficient (Wildman–Crippen LogP) is 2.36. The lowest BCUT2D eigenvalue weighted by Crippen LogP contribution is -2.46. The number of nitrogens with one attached hydrogen (secondary N) is 1. The second-order valence-electron chi connectivity index (χ2n) is 6.63. The number of amidine groups is 1. The Morgan fingerprint density at radius 1 is 1.44 bits per heavy atom. The molecule has 2 aliphatic rings. The Hall–Kier alpha value is -2.19. The van der Waals surface area contributed by atoms with Gasteiger partial charge in [-0.05, 0) is 37.5 Å². The van der Waals surface area contributed by atoms with Crippen molar-refractivity contribution in [2.45, 2.75) is 37.0 Å². The number of aliphatic imine (C=N–C) groups is 1. The number of rotatable bonds is 7. The number of aliphatic hydroxyl groups excluding tert-OH is 1. The second-order valence-corrected chi connectivity index (χ2v) is 7.80. The summed E-state index contributed by atoms with van der Waals surface area (Å²) in [4.78, 5) is 31.0. The topological polar surface area (TPSA) is 82.0 Å². The number of halogens is 1. The highest BCUT2D eigenvalue weighted by Crippen LogP contribution is 2.39. The summed E-state index contributed by atoms with van der Waals surface area (Å²) in [6, 6.07) is 5.88. The van der Waals surface area contributed by atoms with E-state index >= 15 is 0 Å². The Kier molecular flexibility index (Phi) is 6.28. The van der Waals surface area contributed by atoms with Crippen LogP contribution in [0.15, 0.2) is 41.4 Å². The Morgan fingerprint density at radius 3 is 2.89 bits per heavy atom.